The van der Waals surface area contributed by atoms with Gasteiger partial charge in [0.05, 0.1) is 0 Å². The van der Waals surface area contributed by atoms with Gasteiger partial charge in [0.25, 0.3) is 0 Å². The quantitative estimate of drug-likeness (QED) is 0.812. The Kier molecular flexibility index (Phi) is 3.79. The lowest BCUT2D eigenvalue weighted by atomic mass is 10.2. The molecule has 17 heavy (non-hydrogen) atoms. The molecular formula is C12H11Br2N3. The first-order chi connectivity index (χ1) is 8.06. The van der Waals surface area contributed by atoms with Gasteiger partial charge in [0, 0.05) is 16.2 Å². The molecule has 0 aliphatic heterocycles. The van der Waals surface area contributed by atoms with Gasteiger partial charge in [-0.25, -0.2) is 9.97 Å². The van der Waals surface area contributed by atoms with Crippen LogP contribution in [0.3, 0.4) is 0 Å². The number of aromatic nitrogens is 2. The SMILES string of the molecule is Cc1nc(Br)cc(Nc2cccc(Br)c2C)n1. The maximum atomic E-state index is 4.33. The van der Waals surface area contributed by atoms with E-state index in [0.717, 1.165) is 32.0 Å². The van der Waals surface area contributed by atoms with Gasteiger partial charge in [0.2, 0.25) is 0 Å². The van der Waals surface area contributed by atoms with E-state index in [-0.39, 0.29) is 0 Å². The summed E-state index contributed by atoms with van der Waals surface area (Å²) in [5, 5.41) is 3.28. The van der Waals surface area contributed by atoms with Crippen molar-refractivity contribution >= 4 is 43.4 Å². The molecule has 0 amide bonds. The first-order valence-electron chi connectivity index (χ1n) is 5.09. The van der Waals surface area contributed by atoms with Crippen molar-refractivity contribution in [3.8, 4) is 0 Å². The zero-order valence-corrected chi connectivity index (χ0v) is 12.6. The van der Waals surface area contributed by atoms with Gasteiger partial charge in [0.1, 0.15) is 16.2 Å². The molecule has 88 valence electrons. The molecule has 1 aromatic carbocycles. The molecule has 0 spiro atoms. The van der Waals surface area contributed by atoms with E-state index in [1.165, 1.54) is 0 Å². The van der Waals surface area contributed by atoms with Gasteiger partial charge in [0.15, 0.2) is 0 Å². The van der Waals surface area contributed by atoms with E-state index in [1.807, 2.05) is 31.2 Å². The Labute approximate surface area is 117 Å². The number of anilines is 2. The summed E-state index contributed by atoms with van der Waals surface area (Å²) in [5.74, 6) is 1.51. The van der Waals surface area contributed by atoms with Crippen LogP contribution in [0.5, 0.6) is 0 Å². The molecule has 0 atom stereocenters. The predicted molar refractivity (Wildman–Crippen MR) is 76.6 cm³/mol. The van der Waals surface area contributed by atoms with Crippen LogP contribution in [-0.2, 0) is 0 Å². The number of rotatable bonds is 2. The highest BCUT2D eigenvalue weighted by molar-refractivity contribution is 9.10. The molecule has 2 rings (SSSR count). The first-order valence-corrected chi connectivity index (χ1v) is 6.68. The zero-order valence-electron chi connectivity index (χ0n) is 9.46. The third-order valence-electron chi connectivity index (χ3n) is 2.34. The van der Waals surface area contributed by atoms with Crippen LogP contribution in [-0.4, -0.2) is 9.97 Å². The van der Waals surface area contributed by atoms with Crippen LogP contribution in [0.4, 0.5) is 11.5 Å². The number of benzene rings is 1. The molecule has 3 nitrogen and oxygen atoms in total. The van der Waals surface area contributed by atoms with E-state index in [9.17, 15) is 0 Å². The number of aryl methyl sites for hydroxylation is 1. The van der Waals surface area contributed by atoms with Crippen LogP contribution in [0, 0.1) is 13.8 Å². The molecule has 0 aliphatic carbocycles. The zero-order chi connectivity index (χ0) is 12.4. The summed E-state index contributed by atoms with van der Waals surface area (Å²) < 4.78 is 1.85. The van der Waals surface area contributed by atoms with Crippen LogP contribution < -0.4 is 5.32 Å². The normalized spacial score (nSPS) is 10.4. The van der Waals surface area contributed by atoms with Crippen LogP contribution in [0.25, 0.3) is 0 Å². The van der Waals surface area contributed by atoms with E-state index in [0.29, 0.717) is 0 Å². The highest BCUT2D eigenvalue weighted by atomic mass is 79.9. The van der Waals surface area contributed by atoms with Gasteiger partial charge in [-0.1, -0.05) is 22.0 Å². The first kappa shape index (κ1) is 12.5. The smallest absolute Gasteiger partial charge is 0.135 e. The van der Waals surface area contributed by atoms with E-state index in [1.54, 1.807) is 0 Å². The summed E-state index contributed by atoms with van der Waals surface area (Å²) >= 11 is 6.87. The molecule has 1 aromatic heterocycles. The third-order valence-corrected chi connectivity index (χ3v) is 3.60. The summed E-state index contributed by atoms with van der Waals surface area (Å²) in [6.07, 6.45) is 0. The minimum absolute atomic E-state index is 0.731. The van der Waals surface area contributed by atoms with Crippen molar-refractivity contribution in [2.45, 2.75) is 13.8 Å². The monoisotopic (exact) mass is 355 g/mol. The van der Waals surface area contributed by atoms with Gasteiger partial charge in [-0.2, -0.15) is 0 Å². The van der Waals surface area contributed by atoms with Crippen LogP contribution >= 0.6 is 31.9 Å². The lowest BCUT2D eigenvalue weighted by Gasteiger charge is -2.10. The van der Waals surface area contributed by atoms with Gasteiger partial charge in [-0.15, -0.1) is 0 Å². The molecule has 2 aromatic rings. The Bertz CT molecular complexity index is 535. The van der Waals surface area contributed by atoms with Crippen molar-refractivity contribution in [1.29, 1.82) is 0 Å². The number of nitrogens with one attached hydrogen (secondary N) is 1. The third kappa shape index (κ3) is 3.04. The van der Waals surface area contributed by atoms with Crippen LogP contribution in [0.15, 0.2) is 33.3 Å². The number of hydrogen-bond acceptors (Lipinski definition) is 3. The predicted octanol–water partition coefficient (Wildman–Crippen LogP) is 4.36. The summed E-state index contributed by atoms with van der Waals surface area (Å²) in [7, 11) is 0. The Morgan fingerprint density at radius 2 is 1.88 bits per heavy atom. The maximum Gasteiger partial charge on any atom is 0.135 e. The molecule has 0 fully saturated rings. The fraction of sp³-hybridized carbons (Fsp3) is 0.167. The summed E-state index contributed by atoms with van der Waals surface area (Å²) in [5.41, 5.74) is 2.18. The second-order valence-corrected chi connectivity index (χ2v) is 5.33. The number of hydrogen-bond donors (Lipinski definition) is 1. The largest absolute Gasteiger partial charge is 0.340 e. The molecule has 0 radical (unpaired) electrons. The van der Waals surface area contributed by atoms with Gasteiger partial charge < -0.3 is 5.32 Å². The van der Waals surface area contributed by atoms with Crippen molar-refractivity contribution in [3.05, 3.63) is 44.7 Å². The van der Waals surface area contributed by atoms with Gasteiger partial charge in [-0.05, 0) is 47.5 Å². The molecule has 5 heteroatoms. The molecule has 1 heterocycles. The van der Waals surface area contributed by atoms with Crippen LogP contribution in [0.2, 0.25) is 0 Å². The lowest BCUT2D eigenvalue weighted by Crippen LogP contribution is -1.99. The molecule has 0 saturated heterocycles. The maximum absolute atomic E-state index is 4.33. The minimum Gasteiger partial charge on any atom is -0.340 e. The molecule has 0 aliphatic rings. The van der Waals surface area contributed by atoms with Crippen molar-refractivity contribution in [3.63, 3.8) is 0 Å². The number of nitrogens with zero attached hydrogens (tertiary/aromatic N) is 2. The highest BCUT2D eigenvalue weighted by Crippen LogP contribution is 2.26. The van der Waals surface area contributed by atoms with Crippen molar-refractivity contribution in [1.82, 2.24) is 9.97 Å². The van der Waals surface area contributed by atoms with Crippen molar-refractivity contribution in [2.24, 2.45) is 0 Å². The molecular weight excluding hydrogens is 346 g/mol. The minimum atomic E-state index is 0.731. The fourth-order valence-corrected chi connectivity index (χ4v) is 2.32. The standard InChI is InChI=1S/C12H11Br2N3/c1-7-9(13)4-3-5-10(7)17-12-6-11(14)15-8(2)16-12/h3-6H,1-2H3,(H,15,16,17). The van der Waals surface area contributed by atoms with E-state index in [2.05, 4.69) is 54.1 Å². The Balaban J connectivity index is 2.34. The summed E-state index contributed by atoms with van der Waals surface area (Å²) in [6, 6.07) is 7.88. The summed E-state index contributed by atoms with van der Waals surface area (Å²) in [6.45, 7) is 3.92. The van der Waals surface area contributed by atoms with Gasteiger partial charge in [-0.3, -0.25) is 0 Å². The Hall–Kier alpha value is -0.940. The molecule has 0 saturated carbocycles. The average molecular weight is 357 g/mol. The highest BCUT2D eigenvalue weighted by Gasteiger charge is 2.04. The Morgan fingerprint density at radius 3 is 2.59 bits per heavy atom. The van der Waals surface area contributed by atoms with Gasteiger partial charge >= 0.3 is 0 Å². The summed E-state index contributed by atoms with van der Waals surface area (Å²) in [4.78, 5) is 8.50. The second-order valence-electron chi connectivity index (χ2n) is 3.66. The molecule has 1 N–H and O–H groups in total. The van der Waals surface area contributed by atoms with Crippen molar-refractivity contribution < 1.29 is 0 Å². The molecule has 0 bridgehead atoms. The fourth-order valence-electron chi connectivity index (χ4n) is 1.48. The lowest BCUT2D eigenvalue weighted by molar-refractivity contribution is 1.04. The average Bonchev–Trinajstić information content (AvgIpc) is 2.23. The van der Waals surface area contributed by atoms with E-state index < -0.39 is 0 Å². The number of halogens is 2. The van der Waals surface area contributed by atoms with Crippen molar-refractivity contribution in [2.75, 3.05) is 5.32 Å². The Morgan fingerprint density at radius 1 is 1.12 bits per heavy atom. The topological polar surface area (TPSA) is 37.8 Å². The molecule has 0 unspecified atom stereocenters. The van der Waals surface area contributed by atoms with Crippen LogP contribution in [0.1, 0.15) is 11.4 Å². The van der Waals surface area contributed by atoms with E-state index >= 15 is 0 Å². The van der Waals surface area contributed by atoms with E-state index in [4.69, 9.17) is 0 Å². The second kappa shape index (κ2) is 5.14.